The molecular weight excluding hydrogens is 378 g/mol. The van der Waals surface area contributed by atoms with Crippen molar-refractivity contribution in [1.29, 1.82) is 0 Å². The van der Waals surface area contributed by atoms with Crippen LogP contribution < -0.4 is 4.90 Å². The molecule has 162 valence electrons. The van der Waals surface area contributed by atoms with Crippen molar-refractivity contribution in [3.63, 3.8) is 0 Å². The van der Waals surface area contributed by atoms with E-state index in [-0.39, 0.29) is 6.04 Å². The standard InChI is InChI=1S/C24H33N3O3/c1-16-3-4-17(2)26(16)19-5-6-22-20(15-19)23(21-9-13-30-14-10-25-21)24(28)27(22)18-7-11-29-12-8-18/h5-6,15-18,28H,3-4,7-14H2,1-2H3. The van der Waals surface area contributed by atoms with Gasteiger partial charge < -0.3 is 24.0 Å². The summed E-state index contributed by atoms with van der Waals surface area (Å²) < 4.78 is 13.3. The van der Waals surface area contributed by atoms with E-state index in [9.17, 15) is 5.11 Å². The molecule has 0 bridgehead atoms. The third-order valence-corrected chi connectivity index (χ3v) is 7.08. The Balaban J connectivity index is 1.67. The Hall–Kier alpha value is -2.05. The summed E-state index contributed by atoms with van der Waals surface area (Å²) in [5.41, 5.74) is 4.23. The molecule has 0 aliphatic carbocycles. The largest absolute Gasteiger partial charge is 0.494 e. The quantitative estimate of drug-likeness (QED) is 0.819. The second kappa shape index (κ2) is 8.23. The SMILES string of the molecule is CC1CCC(C)N1c1ccc2c(c1)c(C1=NCCOCC1)c(O)n2C1CCOCC1. The lowest BCUT2D eigenvalue weighted by Gasteiger charge is -2.29. The van der Waals surface area contributed by atoms with E-state index >= 15 is 0 Å². The van der Waals surface area contributed by atoms with Crippen LogP contribution in [0.2, 0.25) is 0 Å². The Bertz CT molecular complexity index is 935. The number of nitrogens with zero attached hydrogens (tertiary/aromatic N) is 3. The number of fused-ring (bicyclic) bond motifs is 1. The van der Waals surface area contributed by atoms with Gasteiger partial charge in [0.15, 0.2) is 0 Å². The summed E-state index contributed by atoms with van der Waals surface area (Å²) in [5.74, 6) is 0.359. The second-order valence-electron chi connectivity index (χ2n) is 8.99. The van der Waals surface area contributed by atoms with E-state index in [1.54, 1.807) is 0 Å². The maximum absolute atomic E-state index is 11.5. The van der Waals surface area contributed by atoms with E-state index in [0.717, 1.165) is 54.7 Å². The third kappa shape index (κ3) is 3.40. The third-order valence-electron chi connectivity index (χ3n) is 7.08. The molecule has 6 heteroatoms. The van der Waals surface area contributed by atoms with Gasteiger partial charge in [-0.05, 0) is 57.7 Å². The van der Waals surface area contributed by atoms with E-state index in [4.69, 9.17) is 14.5 Å². The fraction of sp³-hybridized carbons (Fsp3) is 0.625. The summed E-state index contributed by atoms with van der Waals surface area (Å²) >= 11 is 0. The average Bonchev–Trinajstić information content (AvgIpc) is 3.09. The molecule has 0 saturated carbocycles. The Morgan fingerprint density at radius 2 is 1.70 bits per heavy atom. The molecule has 2 aromatic rings. The van der Waals surface area contributed by atoms with Crippen molar-refractivity contribution < 1.29 is 14.6 Å². The van der Waals surface area contributed by atoms with Gasteiger partial charge >= 0.3 is 0 Å². The summed E-state index contributed by atoms with van der Waals surface area (Å²) in [5, 5.41) is 12.6. The van der Waals surface area contributed by atoms with Crippen molar-refractivity contribution in [2.45, 2.75) is 64.1 Å². The minimum Gasteiger partial charge on any atom is -0.494 e. The molecule has 2 fully saturated rings. The molecular formula is C24H33N3O3. The van der Waals surface area contributed by atoms with Crippen LogP contribution in [0.15, 0.2) is 23.2 Å². The van der Waals surface area contributed by atoms with Crippen LogP contribution in [0.4, 0.5) is 5.69 Å². The first-order chi connectivity index (χ1) is 14.6. The number of anilines is 1. The van der Waals surface area contributed by atoms with Crippen LogP contribution in [0.5, 0.6) is 5.88 Å². The number of rotatable bonds is 3. The maximum Gasteiger partial charge on any atom is 0.201 e. The lowest BCUT2D eigenvalue weighted by molar-refractivity contribution is 0.0688. The molecule has 30 heavy (non-hydrogen) atoms. The molecule has 5 rings (SSSR count). The van der Waals surface area contributed by atoms with Gasteiger partial charge in [0.2, 0.25) is 5.88 Å². The summed E-state index contributed by atoms with van der Waals surface area (Å²) in [6, 6.07) is 8.05. The van der Waals surface area contributed by atoms with E-state index in [1.165, 1.54) is 18.5 Å². The number of benzene rings is 1. The molecule has 4 heterocycles. The van der Waals surface area contributed by atoms with E-state index in [0.29, 0.717) is 37.7 Å². The molecule has 1 aromatic carbocycles. The van der Waals surface area contributed by atoms with Crippen LogP contribution in [0.3, 0.4) is 0 Å². The highest BCUT2D eigenvalue weighted by Gasteiger charge is 2.30. The predicted molar refractivity (Wildman–Crippen MR) is 120 cm³/mol. The lowest BCUT2D eigenvalue weighted by atomic mass is 10.0. The normalized spacial score (nSPS) is 26.2. The van der Waals surface area contributed by atoms with Gasteiger partial charge in [-0.3, -0.25) is 4.99 Å². The molecule has 1 N–H and O–H groups in total. The maximum atomic E-state index is 11.5. The number of hydrogen-bond acceptors (Lipinski definition) is 5. The molecule has 2 saturated heterocycles. The van der Waals surface area contributed by atoms with Crippen LogP contribution in [0.25, 0.3) is 10.9 Å². The Kier molecular flexibility index (Phi) is 5.46. The number of aliphatic imine (C=N–C) groups is 1. The summed E-state index contributed by atoms with van der Waals surface area (Å²) in [6.07, 6.45) is 5.04. The fourth-order valence-electron chi connectivity index (χ4n) is 5.55. The fourth-order valence-corrected chi connectivity index (χ4v) is 5.55. The summed E-state index contributed by atoms with van der Waals surface area (Å²) in [4.78, 5) is 7.33. The van der Waals surface area contributed by atoms with Gasteiger partial charge in [0.1, 0.15) is 0 Å². The van der Waals surface area contributed by atoms with Crippen LogP contribution in [-0.2, 0) is 9.47 Å². The molecule has 0 spiro atoms. The minimum absolute atomic E-state index is 0.258. The van der Waals surface area contributed by atoms with Crippen molar-refractivity contribution in [2.75, 3.05) is 37.9 Å². The summed E-state index contributed by atoms with van der Waals surface area (Å²) in [7, 11) is 0. The highest BCUT2D eigenvalue weighted by molar-refractivity contribution is 6.14. The van der Waals surface area contributed by atoms with Crippen LogP contribution in [0, 0.1) is 0 Å². The van der Waals surface area contributed by atoms with Crippen LogP contribution >= 0.6 is 0 Å². The number of aromatic hydroxyl groups is 1. The lowest BCUT2D eigenvalue weighted by Crippen LogP contribution is -2.32. The smallest absolute Gasteiger partial charge is 0.201 e. The van der Waals surface area contributed by atoms with Gasteiger partial charge in [-0.25, -0.2) is 0 Å². The molecule has 3 aliphatic heterocycles. The van der Waals surface area contributed by atoms with Gasteiger partial charge in [-0.15, -0.1) is 0 Å². The molecule has 6 nitrogen and oxygen atoms in total. The van der Waals surface area contributed by atoms with Gasteiger partial charge in [0, 0.05) is 48.8 Å². The second-order valence-corrected chi connectivity index (χ2v) is 8.99. The topological polar surface area (TPSA) is 59.2 Å². The van der Waals surface area contributed by atoms with Gasteiger partial charge in [-0.2, -0.15) is 0 Å². The molecule has 3 aliphatic rings. The van der Waals surface area contributed by atoms with Crippen molar-refractivity contribution in [1.82, 2.24) is 4.57 Å². The first-order valence-corrected chi connectivity index (χ1v) is 11.5. The Morgan fingerprint density at radius 1 is 0.967 bits per heavy atom. The number of ether oxygens (including phenoxy) is 2. The average molecular weight is 412 g/mol. The van der Waals surface area contributed by atoms with Crippen molar-refractivity contribution in [3.05, 3.63) is 23.8 Å². The highest BCUT2D eigenvalue weighted by Crippen LogP contribution is 2.41. The number of hydrogen-bond donors (Lipinski definition) is 1. The molecule has 2 unspecified atom stereocenters. The van der Waals surface area contributed by atoms with Crippen molar-refractivity contribution >= 4 is 22.3 Å². The monoisotopic (exact) mass is 411 g/mol. The molecule has 2 atom stereocenters. The number of aromatic nitrogens is 1. The van der Waals surface area contributed by atoms with E-state index < -0.39 is 0 Å². The van der Waals surface area contributed by atoms with Crippen molar-refractivity contribution in [3.8, 4) is 5.88 Å². The van der Waals surface area contributed by atoms with E-state index in [2.05, 4.69) is 41.5 Å². The van der Waals surface area contributed by atoms with Crippen molar-refractivity contribution in [2.24, 2.45) is 4.99 Å². The zero-order chi connectivity index (χ0) is 20.7. The first-order valence-electron chi connectivity index (χ1n) is 11.5. The minimum atomic E-state index is 0.258. The Labute approximate surface area is 178 Å². The van der Waals surface area contributed by atoms with Gasteiger partial charge in [0.05, 0.1) is 36.6 Å². The van der Waals surface area contributed by atoms with Gasteiger partial charge in [0.25, 0.3) is 0 Å². The van der Waals surface area contributed by atoms with E-state index in [1.807, 2.05) is 0 Å². The summed E-state index contributed by atoms with van der Waals surface area (Å²) in [6.45, 7) is 8.07. The predicted octanol–water partition coefficient (Wildman–Crippen LogP) is 4.29. The first kappa shape index (κ1) is 19.9. The molecule has 0 radical (unpaired) electrons. The molecule has 1 aromatic heterocycles. The highest BCUT2D eigenvalue weighted by atomic mass is 16.5. The Morgan fingerprint density at radius 3 is 2.47 bits per heavy atom. The van der Waals surface area contributed by atoms with Crippen LogP contribution in [-0.4, -0.2) is 60.4 Å². The van der Waals surface area contributed by atoms with Gasteiger partial charge in [-0.1, -0.05) is 0 Å². The molecule has 0 amide bonds. The zero-order valence-electron chi connectivity index (χ0n) is 18.1. The van der Waals surface area contributed by atoms with Crippen LogP contribution in [0.1, 0.15) is 57.6 Å². The zero-order valence-corrected chi connectivity index (χ0v) is 18.1.